The van der Waals surface area contributed by atoms with Crippen LogP contribution in [0.5, 0.6) is 0 Å². The Morgan fingerprint density at radius 1 is 1.33 bits per heavy atom. The van der Waals surface area contributed by atoms with Crippen LogP contribution < -0.4 is 0 Å². The lowest BCUT2D eigenvalue weighted by atomic mass is 9.96. The maximum atomic E-state index is 11.3. The molecule has 2 heterocycles. The molecule has 0 N–H and O–H groups in total. The number of hydrogen-bond acceptors (Lipinski definition) is 3. The van der Waals surface area contributed by atoms with Crippen LogP contribution >= 0.6 is 11.6 Å². The van der Waals surface area contributed by atoms with Gasteiger partial charge in [0, 0.05) is 25.2 Å². The number of carbonyl (C=O) groups excluding carboxylic acids is 1. The summed E-state index contributed by atoms with van der Waals surface area (Å²) in [6, 6.07) is 7.79. The molecule has 1 aromatic heterocycles. The van der Waals surface area contributed by atoms with E-state index in [1.54, 1.807) is 11.1 Å². The highest BCUT2D eigenvalue weighted by Crippen LogP contribution is 2.26. The summed E-state index contributed by atoms with van der Waals surface area (Å²) in [5.41, 5.74) is 2.75. The number of halogens is 1. The van der Waals surface area contributed by atoms with Gasteiger partial charge in [-0.05, 0) is 12.1 Å². The number of para-hydroxylation sites is 2. The first-order chi connectivity index (χ1) is 8.78. The monoisotopic (exact) mass is 261 g/mol. The third-order valence-electron chi connectivity index (χ3n) is 3.23. The van der Waals surface area contributed by atoms with Crippen LogP contribution in [0.3, 0.4) is 0 Å². The summed E-state index contributed by atoms with van der Waals surface area (Å²) in [6.45, 7) is 1.39. The molecule has 0 saturated carbocycles. The van der Waals surface area contributed by atoms with Crippen molar-refractivity contribution in [3.8, 4) is 0 Å². The summed E-state index contributed by atoms with van der Waals surface area (Å²) < 4.78 is 0. The average Bonchev–Trinajstić information content (AvgIpc) is 2.36. The third kappa shape index (κ3) is 1.93. The van der Waals surface area contributed by atoms with Gasteiger partial charge in [-0.15, -0.1) is 11.6 Å². The van der Waals surface area contributed by atoms with E-state index in [1.807, 2.05) is 24.3 Å². The molecule has 0 unspecified atom stereocenters. The number of carbonyl (C=O) groups is 1. The molecule has 3 rings (SSSR count). The van der Waals surface area contributed by atoms with Gasteiger partial charge in [0.2, 0.25) is 5.91 Å². The zero-order valence-corrected chi connectivity index (χ0v) is 10.5. The molecule has 1 aliphatic heterocycles. The minimum absolute atomic E-state index is 0.0123. The predicted molar refractivity (Wildman–Crippen MR) is 69.6 cm³/mol. The average molecular weight is 262 g/mol. The number of aromatic nitrogens is 2. The zero-order chi connectivity index (χ0) is 12.5. The standard InChI is InChI=1S/C13H12ClN3O/c14-5-13(18)17-7-9(8-17)12-6-15-10-3-1-2-4-11(10)16-12/h1-4,6,9H,5,7-8H2. The third-order valence-corrected chi connectivity index (χ3v) is 3.46. The van der Waals surface area contributed by atoms with E-state index in [4.69, 9.17) is 11.6 Å². The number of hydrogen-bond donors (Lipinski definition) is 0. The van der Waals surface area contributed by atoms with Crippen molar-refractivity contribution in [2.75, 3.05) is 19.0 Å². The highest BCUT2D eigenvalue weighted by molar-refractivity contribution is 6.27. The van der Waals surface area contributed by atoms with Crippen molar-refractivity contribution in [1.82, 2.24) is 14.9 Å². The van der Waals surface area contributed by atoms with Gasteiger partial charge in [-0.3, -0.25) is 9.78 Å². The Kier molecular flexibility index (Phi) is 2.88. The summed E-state index contributed by atoms with van der Waals surface area (Å²) in [7, 11) is 0. The maximum absolute atomic E-state index is 11.3. The van der Waals surface area contributed by atoms with Crippen LogP contribution in [0, 0.1) is 0 Å². The van der Waals surface area contributed by atoms with E-state index in [0.717, 1.165) is 16.7 Å². The molecule has 1 aliphatic rings. The number of nitrogens with zero attached hydrogens (tertiary/aromatic N) is 3. The van der Waals surface area contributed by atoms with E-state index < -0.39 is 0 Å². The molecule has 1 fully saturated rings. The van der Waals surface area contributed by atoms with Gasteiger partial charge in [0.25, 0.3) is 0 Å². The highest BCUT2D eigenvalue weighted by atomic mass is 35.5. The van der Waals surface area contributed by atoms with Gasteiger partial charge in [0.05, 0.1) is 16.7 Å². The van der Waals surface area contributed by atoms with Crippen LogP contribution in [0.1, 0.15) is 11.6 Å². The number of benzene rings is 1. The summed E-state index contributed by atoms with van der Waals surface area (Å²) >= 11 is 5.51. The molecular formula is C13H12ClN3O. The van der Waals surface area contributed by atoms with Crippen LogP contribution in [-0.4, -0.2) is 39.7 Å². The van der Waals surface area contributed by atoms with E-state index in [9.17, 15) is 4.79 Å². The highest BCUT2D eigenvalue weighted by Gasteiger charge is 2.32. The quantitative estimate of drug-likeness (QED) is 0.775. The maximum Gasteiger partial charge on any atom is 0.237 e. The van der Waals surface area contributed by atoms with Crippen LogP contribution in [0.2, 0.25) is 0 Å². The largest absolute Gasteiger partial charge is 0.340 e. The van der Waals surface area contributed by atoms with Crippen molar-refractivity contribution in [3.05, 3.63) is 36.2 Å². The number of rotatable bonds is 2. The second-order valence-electron chi connectivity index (χ2n) is 4.41. The van der Waals surface area contributed by atoms with Gasteiger partial charge in [-0.1, -0.05) is 12.1 Å². The predicted octanol–water partition coefficient (Wildman–Crippen LogP) is 1.79. The van der Waals surface area contributed by atoms with Crippen molar-refractivity contribution in [2.45, 2.75) is 5.92 Å². The molecule has 0 radical (unpaired) electrons. The molecule has 1 amide bonds. The normalized spacial score (nSPS) is 15.7. The first-order valence-electron chi connectivity index (χ1n) is 5.83. The molecule has 92 valence electrons. The lowest BCUT2D eigenvalue weighted by Crippen LogP contribution is -2.49. The Morgan fingerprint density at radius 2 is 2.06 bits per heavy atom. The molecule has 0 atom stereocenters. The summed E-state index contributed by atoms with van der Waals surface area (Å²) in [5, 5.41) is 0. The summed E-state index contributed by atoms with van der Waals surface area (Å²) in [5.74, 6) is 0.326. The second kappa shape index (κ2) is 4.53. The topological polar surface area (TPSA) is 46.1 Å². The van der Waals surface area contributed by atoms with E-state index >= 15 is 0 Å². The fraction of sp³-hybridized carbons (Fsp3) is 0.308. The van der Waals surface area contributed by atoms with Crippen LogP contribution in [0.4, 0.5) is 0 Å². The first kappa shape index (κ1) is 11.4. The van der Waals surface area contributed by atoms with Gasteiger partial charge in [0.1, 0.15) is 5.88 Å². The lowest BCUT2D eigenvalue weighted by molar-refractivity contribution is -0.132. The number of likely N-dealkylation sites (tertiary alicyclic amines) is 1. The van der Waals surface area contributed by atoms with Gasteiger partial charge in [-0.2, -0.15) is 0 Å². The van der Waals surface area contributed by atoms with Gasteiger partial charge in [-0.25, -0.2) is 4.98 Å². The van der Waals surface area contributed by atoms with E-state index in [1.165, 1.54) is 0 Å². The molecule has 1 aromatic carbocycles. The van der Waals surface area contributed by atoms with Crippen LogP contribution in [-0.2, 0) is 4.79 Å². The van der Waals surface area contributed by atoms with E-state index in [-0.39, 0.29) is 17.7 Å². The lowest BCUT2D eigenvalue weighted by Gasteiger charge is -2.38. The summed E-state index contributed by atoms with van der Waals surface area (Å²) in [6.07, 6.45) is 1.80. The van der Waals surface area contributed by atoms with Gasteiger partial charge >= 0.3 is 0 Å². The minimum Gasteiger partial charge on any atom is -0.340 e. The number of alkyl halides is 1. The Morgan fingerprint density at radius 3 is 2.78 bits per heavy atom. The number of amides is 1. The SMILES string of the molecule is O=C(CCl)N1CC(c2cnc3ccccc3n2)C1. The molecule has 1 saturated heterocycles. The van der Waals surface area contributed by atoms with E-state index in [0.29, 0.717) is 13.1 Å². The Labute approximate surface area is 110 Å². The van der Waals surface area contributed by atoms with Gasteiger partial charge in [0.15, 0.2) is 0 Å². The van der Waals surface area contributed by atoms with Crippen molar-refractivity contribution in [2.24, 2.45) is 0 Å². The molecular weight excluding hydrogens is 250 g/mol. The Bertz CT molecular complexity index is 596. The molecule has 5 heteroatoms. The fourth-order valence-electron chi connectivity index (χ4n) is 2.12. The van der Waals surface area contributed by atoms with Crippen LogP contribution in [0.15, 0.2) is 30.5 Å². The van der Waals surface area contributed by atoms with Crippen molar-refractivity contribution >= 4 is 28.5 Å². The number of fused-ring (bicyclic) bond motifs is 1. The second-order valence-corrected chi connectivity index (χ2v) is 4.68. The molecule has 18 heavy (non-hydrogen) atoms. The molecule has 0 aliphatic carbocycles. The smallest absolute Gasteiger partial charge is 0.237 e. The Hall–Kier alpha value is -1.68. The first-order valence-corrected chi connectivity index (χ1v) is 6.37. The summed E-state index contributed by atoms with van der Waals surface area (Å²) in [4.78, 5) is 22.1. The fourth-order valence-corrected chi connectivity index (χ4v) is 2.29. The van der Waals surface area contributed by atoms with Crippen LogP contribution in [0.25, 0.3) is 11.0 Å². The molecule has 2 aromatic rings. The van der Waals surface area contributed by atoms with E-state index in [2.05, 4.69) is 9.97 Å². The van der Waals surface area contributed by atoms with Crippen molar-refractivity contribution in [3.63, 3.8) is 0 Å². The Balaban J connectivity index is 1.78. The zero-order valence-electron chi connectivity index (χ0n) is 9.71. The van der Waals surface area contributed by atoms with Crippen molar-refractivity contribution < 1.29 is 4.79 Å². The molecule has 4 nitrogen and oxygen atoms in total. The molecule has 0 bridgehead atoms. The van der Waals surface area contributed by atoms with Gasteiger partial charge < -0.3 is 4.90 Å². The minimum atomic E-state index is -0.0123. The molecule has 0 spiro atoms. The van der Waals surface area contributed by atoms with Crippen molar-refractivity contribution in [1.29, 1.82) is 0 Å².